The zero-order valence-electron chi connectivity index (χ0n) is 14.0. The van der Waals surface area contributed by atoms with Gasteiger partial charge in [-0.1, -0.05) is 18.2 Å². The van der Waals surface area contributed by atoms with Gasteiger partial charge in [0, 0.05) is 36.1 Å². The maximum atomic E-state index is 13.0. The molecule has 5 nitrogen and oxygen atoms in total. The highest BCUT2D eigenvalue weighted by molar-refractivity contribution is 7.89. The molecule has 0 saturated carbocycles. The second kappa shape index (κ2) is 6.20. The third-order valence-electron chi connectivity index (χ3n) is 4.62. The monoisotopic (exact) mass is 356 g/mol. The van der Waals surface area contributed by atoms with Crippen molar-refractivity contribution in [2.24, 2.45) is 0 Å². The summed E-state index contributed by atoms with van der Waals surface area (Å²) in [5, 5.41) is 1.10. The van der Waals surface area contributed by atoms with Crippen LogP contribution in [0.25, 0.3) is 10.9 Å². The fourth-order valence-corrected chi connectivity index (χ4v) is 4.78. The van der Waals surface area contributed by atoms with Gasteiger partial charge in [0.25, 0.3) is 0 Å². The number of nitrogens with zero attached hydrogens (tertiary/aromatic N) is 1. The van der Waals surface area contributed by atoms with Crippen molar-refractivity contribution in [3.05, 3.63) is 59.8 Å². The zero-order valence-corrected chi connectivity index (χ0v) is 14.8. The molecule has 2 aromatic carbocycles. The van der Waals surface area contributed by atoms with E-state index in [-0.39, 0.29) is 0 Å². The van der Waals surface area contributed by atoms with E-state index in [1.54, 1.807) is 28.6 Å². The molecule has 0 fully saturated rings. The van der Waals surface area contributed by atoms with Crippen LogP contribution in [0.5, 0.6) is 5.75 Å². The molecule has 2 heterocycles. The maximum absolute atomic E-state index is 13.0. The van der Waals surface area contributed by atoms with Gasteiger partial charge in [0.05, 0.1) is 11.5 Å². The number of fused-ring (bicyclic) bond motifs is 3. The van der Waals surface area contributed by atoms with Gasteiger partial charge in [-0.3, -0.25) is 0 Å². The Morgan fingerprint density at radius 3 is 2.64 bits per heavy atom. The number of ether oxygens (including phenoxy) is 1. The summed E-state index contributed by atoms with van der Waals surface area (Å²) in [6.45, 7) is 3.34. The molecule has 4 rings (SSSR count). The fraction of sp³-hybridized carbons (Fsp3) is 0.263. The minimum atomic E-state index is -3.52. The second-order valence-corrected chi connectivity index (χ2v) is 8.06. The van der Waals surface area contributed by atoms with Crippen molar-refractivity contribution in [1.29, 1.82) is 0 Å². The fourth-order valence-electron chi connectivity index (χ4n) is 3.37. The van der Waals surface area contributed by atoms with Crippen LogP contribution in [0.3, 0.4) is 0 Å². The van der Waals surface area contributed by atoms with E-state index in [0.29, 0.717) is 36.8 Å². The molecular formula is C19H20N2O3S. The first-order chi connectivity index (χ1) is 12.1. The van der Waals surface area contributed by atoms with Crippen LogP contribution >= 0.6 is 0 Å². The van der Waals surface area contributed by atoms with Crippen molar-refractivity contribution in [3.63, 3.8) is 0 Å². The van der Waals surface area contributed by atoms with E-state index in [2.05, 4.69) is 4.98 Å². The van der Waals surface area contributed by atoms with Gasteiger partial charge >= 0.3 is 0 Å². The molecule has 0 atom stereocenters. The van der Waals surface area contributed by atoms with Crippen molar-refractivity contribution in [2.75, 3.05) is 13.2 Å². The van der Waals surface area contributed by atoms with Gasteiger partial charge < -0.3 is 9.72 Å². The molecule has 1 aliphatic rings. The summed E-state index contributed by atoms with van der Waals surface area (Å²) in [5.41, 5.74) is 3.28. The Morgan fingerprint density at radius 2 is 1.88 bits per heavy atom. The molecule has 0 radical (unpaired) electrons. The average Bonchev–Trinajstić information content (AvgIpc) is 3.00. The summed E-state index contributed by atoms with van der Waals surface area (Å²) in [5.74, 6) is 0.680. The minimum Gasteiger partial charge on any atom is -0.494 e. The molecule has 25 heavy (non-hydrogen) atoms. The standard InChI is InChI=1S/C19H20N2O3S/c1-2-24-14-7-9-15(10-8-14)25(22,23)21-12-11-19-17(13-21)16-5-3-4-6-18(16)20-19/h3-10,20H,2,11-13H2,1H3. The number of para-hydroxylation sites is 1. The molecule has 1 aromatic heterocycles. The normalized spacial score (nSPS) is 15.2. The molecule has 0 amide bonds. The quantitative estimate of drug-likeness (QED) is 0.780. The van der Waals surface area contributed by atoms with Crippen LogP contribution in [0.1, 0.15) is 18.2 Å². The molecule has 0 saturated heterocycles. The minimum absolute atomic E-state index is 0.305. The highest BCUT2D eigenvalue weighted by Crippen LogP contribution is 2.30. The Hall–Kier alpha value is -2.31. The maximum Gasteiger partial charge on any atom is 0.243 e. The number of benzene rings is 2. The number of rotatable bonds is 4. The van der Waals surface area contributed by atoms with Gasteiger partial charge in [0.2, 0.25) is 10.0 Å². The predicted octanol–water partition coefficient (Wildman–Crippen LogP) is 3.31. The Balaban J connectivity index is 1.65. The molecule has 3 aromatic rings. The molecular weight excluding hydrogens is 336 g/mol. The molecule has 0 unspecified atom stereocenters. The van der Waals surface area contributed by atoms with Gasteiger partial charge in [0.15, 0.2) is 0 Å². The Labute approximate surface area is 147 Å². The smallest absolute Gasteiger partial charge is 0.243 e. The van der Waals surface area contributed by atoms with E-state index in [1.807, 2.05) is 31.2 Å². The van der Waals surface area contributed by atoms with Gasteiger partial charge in [-0.25, -0.2) is 8.42 Å². The number of aromatic amines is 1. The van der Waals surface area contributed by atoms with E-state index in [0.717, 1.165) is 22.2 Å². The number of aromatic nitrogens is 1. The number of hydrogen-bond donors (Lipinski definition) is 1. The Bertz CT molecular complexity index is 1010. The van der Waals surface area contributed by atoms with Crippen LogP contribution in [0.4, 0.5) is 0 Å². The van der Waals surface area contributed by atoms with E-state index in [9.17, 15) is 8.42 Å². The van der Waals surface area contributed by atoms with Crippen LogP contribution in [-0.2, 0) is 23.0 Å². The largest absolute Gasteiger partial charge is 0.494 e. The van der Waals surface area contributed by atoms with Crippen LogP contribution in [0.15, 0.2) is 53.4 Å². The van der Waals surface area contributed by atoms with Gasteiger partial charge in [-0.2, -0.15) is 4.31 Å². The van der Waals surface area contributed by atoms with Crippen molar-refractivity contribution in [3.8, 4) is 5.75 Å². The Morgan fingerprint density at radius 1 is 1.12 bits per heavy atom. The third-order valence-corrected chi connectivity index (χ3v) is 6.48. The summed E-state index contributed by atoms with van der Waals surface area (Å²) >= 11 is 0. The first kappa shape index (κ1) is 16.2. The van der Waals surface area contributed by atoms with Crippen LogP contribution in [-0.4, -0.2) is 30.9 Å². The van der Waals surface area contributed by atoms with Crippen molar-refractivity contribution < 1.29 is 13.2 Å². The summed E-state index contributed by atoms with van der Waals surface area (Å²) in [4.78, 5) is 3.72. The second-order valence-electron chi connectivity index (χ2n) is 6.12. The number of nitrogens with one attached hydrogen (secondary N) is 1. The Kier molecular flexibility index (Phi) is 4.01. The van der Waals surface area contributed by atoms with Crippen molar-refractivity contribution in [1.82, 2.24) is 9.29 Å². The molecule has 0 spiro atoms. The zero-order chi connectivity index (χ0) is 17.4. The number of sulfonamides is 1. The lowest BCUT2D eigenvalue weighted by molar-refractivity contribution is 0.340. The van der Waals surface area contributed by atoms with Crippen LogP contribution in [0.2, 0.25) is 0 Å². The first-order valence-electron chi connectivity index (χ1n) is 8.41. The highest BCUT2D eigenvalue weighted by atomic mass is 32.2. The summed E-state index contributed by atoms with van der Waals surface area (Å²) in [7, 11) is -3.52. The SMILES string of the molecule is CCOc1ccc(S(=O)(=O)N2CCc3[nH]c4ccccc4c3C2)cc1. The third kappa shape index (κ3) is 2.81. The lowest BCUT2D eigenvalue weighted by Gasteiger charge is -2.26. The summed E-state index contributed by atoms with van der Waals surface area (Å²) < 4.78 is 32.9. The molecule has 0 bridgehead atoms. The lowest BCUT2D eigenvalue weighted by atomic mass is 10.1. The topological polar surface area (TPSA) is 62.4 Å². The molecule has 6 heteroatoms. The number of hydrogen-bond acceptors (Lipinski definition) is 3. The lowest BCUT2D eigenvalue weighted by Crippen LogP contribution is -2.35. The molecule has 0 aliphatic carbocycles. The molecule has 1 N–H and O–H groups in total. The van der Waals surface area contributed by atoms with Gasteiger partial charge in [0.1, 0.15) is 5.75 Å². The van der Waals surface area contributed by atoms with E-state index >= 15 is 0 Å². The van der Waals surface area contributed by atoms with E-state index in [4.69, 9.17) is 4.74 Å². The van der Waals surface area contributed by atoms with Crippen LogP contribution in [0, 0.1) is 0 Å². The van der Waals surface area contributed by atoms with Gasteiger partial charge in [-0.05, 0) is 42.8 Å². The average molecular weight is 356 g/mol. The molecule has 1 aliphatic heterocycles. The molecule has 130 valence electrons. The predicted molar refractivity (Wildman–Crippen MR) is 97.2 cm³/mol. The first-order valence-corrected chi connectivity index (χ1v) is 9.85. The van der Waals surface area contributed by atoms with Crippen LogP contribution < -0.4 is 4.74 Å². The van der Waals surface area contributed by atoms with Gasteiger partial charge in [-0.15, -0.1) is 0 Å². The highest BCUT2D eigenvalue weighted by Gasteiger charge is 2.30. The summed E-state index contributed by atoms with van der Waals surface area (Å²) in [6, 6.07) is 14.7. The summed E-state index contributed by atoms with van der Waals surface area (Å²) in [6.07, 6.45) is 0.695. The van der Waals surface area contributed by atoms with Crippen molar-refractivity contribution >= 4 is 20.9 Å². The van der Waals surface area contributed by atoms with Crippen molar-refractivity contribution in [2.45, 2.75) is 24.8 Å². The number of H-pyrrole nitrogens is 1. The van der Waals surface area contributed by atoms with E-state index in [1.165, 1.54) is 0 Å². The van der Waals surface area contributed by atoms with E-state index < -0.39 is 10.0 Å².